The lowest BCUT2D eigenvalue weighted by Crippen LogP contribution is -2.35. The van der Waals surface area contributed by atoms with Crippen LogP contribution < -0.4 is 5.32 Å². The molecule has 84 valence electrons. The molecule has 0 spiro atoms. The first kappa shape index (κ1) is 11.6. The van der Waals surface area contributed by atoms with Gasteiger partial charge in [0, 0.05) is 14.7 Å². The average Bonchev–Trinajstić information content (AvgIpc) is 2.66. The zero-order chi connectivity index (χ0) is 10.7. The molecule has 1 fully saturated rings. The molecule has 1 aromatic rings. The van der Waals surface area contributed by atoms with Gasteiger partial charge in [0.25, 0.3) is 0 Å². The number of piperidine rings is 1. The molecule has 1 nitrogen and oxygen atoms in total. The Bertz CT molecular complexity index is 308. The fourth-order valence-corrected chi connectivity index (χ4v) is 4.17. The summed E-state index contributed by atoms with van der Waals surface area (Å²) in [7, 11) is 0. The van der Waals surface area contributed by atoms with E-state index < -0.39 is 0 Å². The quantitative estimate of drug-likeness (QED) is 0.886. The predicted molar refractivity (Wildman–Crippen MR) is 70.6 cm³/mol. The molecule has 1 aliphatic rings. The van der Waals surface area contributed by atoms with E-state index in [4.69, 9.17) is 0 Å². The third kappa shape index (κ3) is 2.83. The maximum Gasteiger partial charge on any atom is 0.0285 e. The lowest BCUT2D eigenvalue weighted by atomic mass is 9.82. The number of nitrogens with one attached hydrogen (secondary N) is 1. The smallest absolute Gasteiger partial charge is 0.0285 e. The molecule has 1 aliphatic heterocycles. The molecule has 2 unspecified atom stereocenters. The van der Waals surface area contributed by atoms with E-state index in [2.05, 4.69) is 39.6 Å². The van der Waals surface area contributed by atoms with Crippen molar-refractivity contribution in [1.29, 1.82) is 0 Å². The molecule has 1 aromatic heterocycles. The zero-order valence-electron chi connectivity index (χ0n) is 9.13. The third-order valence-electron chi connectivity index (χ3n) is 3.22. The minimum absolute atomic E-state index is 0.794. The first-order valence-electron chi connectivity index (χ1n) is 5.76. The van der Waals surface area contributed by atoms with Crippen LogP contribution in [-0.4, -0.2) is 13.1 Å². The summed E-state index contributed by atoms with van der Waals surface area (Å²) in [5.74, 6) is 1.64. The van der Waals surface area contributed by atoms with E-state index in [1.54, 1.807) is 4.88 Å². The van der Waals surface area contributed by atoms with E-state index in [0.717, 1.165) is 11.8 Å². The molecular formula is C12H18BrNS. The van der Waals surface area contributed by atoms with E-state index in [9.17, 15) is 0 Å². The van der Waals surface area contributed by atoms with Gasteiger partial charge in [-0.1, -0.05) is 13.3 Å². The lowest BCUT2D eigenvalue weighted by Gasteiger charge is -2.31. The maximum absolute atomic E-state index is 3.55. The van der Waals surface area contributed by atoms with Crippen molar-refractivity contribution in [2.24, 2.45) is 5.92 Å². The molecular weight excluding hydrogens is 270 g/mol. The normalized spacial score (nSPS) is 26.8. The third-order valence-corrected chi connectivity index (χ3v) is 5.05. The average molecular weight is 288 g/mol. The van der Waals surface area contributed by atoms with Gasteiger partial charge in [0.1, 0.15) is 0 Å². The summed E-state index contributed by atoms with van der Waals surface area (Å²) in [6, 6.07) is 2.31. The van der Waals surface area contributed by atoms with E-state index in [1.165, 1.54) is 36.8 Å². The Balaban J connectivity index is 2.10. The Morgan fingerprint density at radius 1 is 1.60 bits per heavy atom. The van der Waals surface area contributed by atoms with Crippen LogP contribution in [0.25, 0.3) is 0 Å². The Morgan fingerprint density at radius 2 is 2.47 bits per heavy atom. The molecule has 2 atom stereocenters. The molecule has 0 aliphatic carbocycles. The second-order valence-electron chi connectivity index (χ2n) is 4.32. The van der Waals surface area contributed by atoms with E-state index in [1.807, 2.05) is 11.3 Å². The minimum Gasteiger partial charge on any atom is -0.316 e. The summed E-state index contributed by atoms with van der Waals surface area (Å²) in [6.07, 6.45) is 3.96. The maximum atomic E-state index is 3.55. The summed E-state index contributed by atoms with van der Waals surface area (Å²) >= 11 is 5.46. The van der Waals surface area contributed by atoms with Crippen LogP contribution in [0.1, 0.15) is 37.0 Å². The van der Waals surface area contributed by atoms with Crippen LogP contribution in [0.3, 0.4) is 0 Å². The van der Waals surface area contributed by atoms with Gasteiger partial charge in [-0.3, -0.25) is 0 Å². The van der Waals surface area contributed by atoms with E-state index >= 15 is 0 Å². The van der Waals surface area contributed by atoms with Crippen LogP contribution in [-0.2, 0) is 0 Å². The second-order valence-corrected chi connectivity index (χ2v) is 6.17. The molecule has 1 saturated heterocycles. The van der Waals surface area contributed by atoms with Crippen molar-refractivity contribution in [3.05, 3.63) is 20.8 Å². The molecule has 0 saturated carbocycles. The zero-order valence-corrected chi connectivity index (χ0v) is 11.5. The van der Waals surface area contributed by atoms with Crippen molar-refractivity contribution in [3.8, 4) is 0 Å². The first-order valence-corrected chi connectivity index (χ1v) is 7.43. The monoisotopic (exact) mass is 287 g/mol. The van der Waals surface area contributed by atoms with Gasteiger partial charge in [-0.05, 0) is 59.8 Å². The van der Waals surface area contributed by atoms with Crippen molar-refractivity contribution in [2.75, 3.05) is 13.1 Å². The highest BCUT2D eigenvalue weighted by atomic mass is 79.9. The van der Waals surface area contributed by atoms with Gasteiger partial charge >= 0.3 is 0 Å². The standard InChI is InChI=1S/C12H18BrNS/c1-2-3-9-7-14-5-4-11(9)12-6-10(13)8-15-12/h6,8-9,11,14H,2-5,7H2,1H3. The summed E-state index contributed by atoms with van der Waals surface area (Å²) in [5.41, 5.74) is 0. The molecule has 2 heterocycles. The van der Waals surface area contributed by atoms with Crippen LogP contribution in [0.2, 0.25) is 0 Å². The number of hydrogen-bond acceptors (Lipinski definition) is 2. The van der Waals surface area contributed by atoms with Crippen molar-refractivity contribution in [3.63, 3.8) is 0 Å². The van der Waals surface area contributed by atoms with Crippen LogP contribution in [0.15, 0.2) is 15.9 Å². The van der Waals surface area contributed by atoms with E-state index in [-0.39, 0.29) is 0 Å². The summed E-state index contributed by atoms with van der Waals surface area (Å²) < 4.78 is 1.25. The first-order chi connectivity index (χ1) is 7.31. The van der Waals surface area contributed by atoms with Crippen molar-refractivity contribution >= 4 is 27.3 Å². The Labute approximate surface area is 104 Å². The molecule has 1 N–H and O–H groups in total. The summed E-state index contributed by atoms with van der Waals surface area (Å²) in [6.45, 7) is 4.67. The minimum atomic E-state index is 0.794. The molecule has 2 rings (SSSR count). The van der Waals surface area contributed by atoms with Crippen LogP contribution in [0.5, 0.6) is 0 Å². The summed E-state index contributed by atoms with van der Waals surface area (Å²) in [5, 5.41) is 5.73. The highest BCUT2D eigenvalue weighted by Gasteiger charge is 2.26. The second kappa shape index (κ2) is 5.46. The number of thiophene rings is 1. The number of rotatable bonds is 3. The predicted octanol–water partition coefficient (Wildman–Crippen LogP) is 4.00. The largest absolute Gasteiger partial charge is 0.316 e. The van der Waals surface area contributed by atoms with Crippen LogP contribution >= 0.6 is 27.3 Å². The fourth-order valence-electron chi connectivity index (χ4n) is 2.49. The molecule has 0 aromatic carbocycles. The van der Waals surface area contributed by atoms with Gasteiger partial charge in [0.15, 0.2) is 0 Å². The summed E-state index contributed by atoms with van der Waals surface area (Å²) in [4.78, 5) is 1.57. The molecule has 0 amide bonds. The highest BCUT2D eigenvalue weighted by molar-refractivity contribution is 9.10. The number of halogens is 1. The van der Waals surface area contributed by atoms with Crippen LogP contribution in [0.4, 0.5) is 0 Å². The lowest BCUT2D eigenvalue weighted by molar-refractivity contribution is 0.310. The van der Waals surface area contributed by atoms with E-state index in [0.29, 0.717) is 0 Å². The van der Waals surface area contributed by atoms with Gasteiger partial charge in [-0.25, -0.2) is 0 Å². The highest BCUT2D eigenvalue weighted by Crippen LogP contribution is 2.37. The van der Waals surface area contributed by atoms with Gasteiger partial charge in [0.2, 0.25) is 0 Å². The van der Waals surface area contributed by atoms with Crippen molar-refractivity contribution in [2.45, 2.75) is 32.1 Å². The van der Waals surface area contributed by atoms with Crippen molar-refractivity contribution < 1.29 is 0 Å². The molecule has 15 heavy (non-hydrogen) atoms. The van der Waals surface area contributed by atoms with Crippen molar-refractivity contribution in [1.82, 2.24) is 5.32 Å². The molecule has 0 radical (unpaired) electrons. The van der Waals surface area contributed by atoms with Gasteiger partial charge < -0.3 is 5.32 Å². The topological polar surface area (TPSA) is 12.0 Å². The molecule has 0 bridgehead atoms. The Morgan fingerprint density at radius 3 is 3.13 bits per heavy atom. The number of hydrogen-bond donors (Lipinski definition) is 1. The fraction of sp³-hybridized carbons (Fsp3) is 0.667. The van der Waals surface area contributed by atoms with Gasteiger partial charge in [0.05, 0.1) is 0 Å². The van der Waals surface area contributed by atoms with Crippen LogP contribution in [0, 0.1) is 5.92 Å². The SMILES string of the molecule is CCCC1CNCCC1c1cc(Br)cs1. The molecule has 3 heteroatoms. The van der Waals surface area contributed by atoms with Gasteiger partial charge in [-0.15, -0.1) is 11.3 Å². The van der Waals surface area contributed by atoms with Gasteiger partial charge in [-0.2, -0.15) is 0 Å². The Hall–Kier alpha value is 0.140. The Kier molecular flexibility index (Phi) is 4.23.